The van der Waals surface area contributed by atoms with Gasteiger partial charge in [-0.05, 0) is 67.2 Å². The second-order valence-electron chi connectivity index (χ2n) is 9.10. The molecule has 0 radical (unpaired) electrons. The van der Waals surface area contributed by atoms with E-state index in [0.717, 1.165) is 17.6 Å². The number of allylic oxidation sites excluding steroid dienone is 1. The first-order valence-electron chi connectivity index (χ1n) is 12.3. The van der Waals surface area contributed by atoms with Crippen molar-refractivity contribution in [2.24, 2.45) is 0 Å². The lowest BCUT2D eigenvalue weighted by atomic mass is 9.86. The van der Waals surface area contributed by atoms with Crippen molar-refractivity contribution in [2.45, 2.75) is 32.3 Å². The van der Waals surface area contributed by atoms with Crippen LogP contribution in [0.4, 0.5) is 11.5 Å². The Balaban J connectivity index is 1.49. The van der Waals surface area contributed by atoms with Crippen LogP contribution < -0.4 is 5.32 Å². The molecule has 0 saturated carbocycles. The summed E-state index contributed by atoms with van der Waals surface area (Å²) < 4.78 is 5.64. The smallest absolute Gasteiger partial charge is 0.339 e. The van der Waals surface area contributed by atoms with Gasteiger partial charge in [0.2, 0.25) is 0 Å². The minimum absolute atomic E-state index is 0.00261. The molecule has 0 aliphatic heterocycles. The first-order chi connectivity index (χ1) is 18.8. The molecule has 4 aromatic rings. The van der Waals surface area contributed by atoms with Crippen molar-refractivity contribution in [3.05, 3.63) is 104 Å². The second-order valence-corrected chi connectivity index (χ2v) is 9.54. The van der Waals surface area contributed by atoms with Crippen molar-refractivity contribution in [3.63, 3.8) is 0 Å². The number of benzene rings is 2. The normalized spacial score (nSPS) is 14.5. The van der Waals surface area contributed by atoms with Crippen molar-refractivity contribution < 1.29 is 19.2 Å². The fraction of sp³-hybridized carbons (Fsp3) is 0.172. The molecule has 10 heteroatoms. The summed E-state index contributed by atoms with van der Waals surface area (Å²) in [7, 11) is 0. The Labute approximate surface area is 228 Å². The maximum absolute atomic E-state index is 13.6. The molecule has 1 amide bonds. The summed E-state index contributed by atoms with van der Waals surface area (Å²) in [4.78, 5) is 46.0. The van der Waals surface area contributed by atoms with E-state index >= 15 is 0 Å². The Hall–Kier alpha value is -4.63. The third kappa shape index (κ3) is 5.63. The fourth-order valence-electron chi connectivity index (χ4n) is 4.59. The molecule has 0 saturated heterocycles. The topological polar surface area (TPSA) is 124 Å². The minimum Gasteiger partial charge on any atom is -0.449 e. The summed E-state index contributed by atoms with van der Waals surface area (Å²) in [5.74, 6) is -0.875. The number of hydrogen-bond acceptors (Lipinski definition) is 7. The summed E-state index contributed by atoms with van der Waals surface area (Å²) in [6, 6.07) is 16.8. The van der Waals surface area contributed by atoms with Crippen LogP contribution in [0.3, 0.4) is 0 Å². The van der Waals surface area contributed by atoms with Gasteiger partial charge in [0.25, 0.3) is 11.6 Å². The molecule has 2 heterocycles. The van der Waals surface area contributed by atoms with Crippen LogP contribution in [0.1, 0.15) is 46.9 Å². The number of rotatable bonds is 6. The molecule has 39 heavy (non-hydrogen) atoms. The number of ether oxygens (including phenoxy) is 1. The molecule has 1 unspecified atom stereocenters. The zero-order valence-corrected chi connectivity index (χ0v) is 21.6. The number of pyridine rings is 2. The van der Waals surface area contributed by atoms with Gasteiger partial charge in [0.1, 0.15) is 5.82 Å². The van der Waals surface area contributed by atoms with Crippen LogP contribution in [-0.2, 0) is 16.0 Å². The number of anilines is 1. The zero-order chi connectivity index (χ0) is 27.5. The van der Waals surface area contributed by atoms with E-state index in [9.17, 15) is 19.7 Å². The number of carbonyl (C=O) groups is 2. The number of para-hydroxylation sites is 1. The van der Waals surface area contributed by atoms with Crippen molar-refractivity contribution in [1.82, 2.24) is 9.97 Å². The predicted molar refractivity (Wildman–Crippen MR) is 148 cm³/mol. The quantitative estimate of drug-likeness (QED) is 0.173. The highest BCUT2D eigenvalue weighted by Crippen LogP contribution is 2.37. The zero-order valence-electron chi connectivity index (χ0n) is 20.9. The summed E-state index contributed by atoms with van der Waals surface area (Å²) in [6.45, 7) is 1.49. The third-order valence-electron chi connectivity index (χ3n) is 6.43. The van der Waals surface area contributed by atoms with Crippen LogP contribution in [0.25, 0.3) is 22.6 Å². The Bertz CT molecular complexity index is 1640. The van der Waals surface area contributed by atoms with Crippen LogP contribution in [0.15, 0.2) is 66.9 Å². The van der Waals surface area contributed by atoms with E-state index in [1.165, 1.54) is 25.3 Å². The average Bonchev–Trinajstić information content (AvgIpc) is 2.93. The van der Waals surface area contributed by atoms with E-state index in [2.05, 4.69) is 10.3 Å². The van der Waals surface area contributed by atoms with Crippen molar-refractivity contribution >= 4 is 57.5 Å². The van der Waals surface area contributed by atoms with E-state index < -0.39 is 22.9 Å². The summed E-state index contributed by atoms with van der Waals surface area (Å²) in [5, 5.41) is 14.9. The molecule has 196 valence electrons. The molecule has 1 aliphatic rings. The predicted octanol–water partition coefficient (Wildman–Crippen LogP) is 6.25. The number of hydrogen-bond donors (Lipinski definition) is 1. The standard InChI is InChI=1S/C29H23ClN4O5/c1-17(28(35)33-25-13-12-20(30)16-31-25)39-29(36)26-22-9-2-3-11-24(22)32-27-19(7-5-10-23(26)27)14-18-6-4-8-21(15-18)34(37)38/h2-4,6,8-9,11-17H,5,7,10H2,1H3,(H,31,33,35)/b19-14-. The second kappa shape index (κ2) is 11.0. The summed E-state index contributed by atoms with van der Waals surface area (Å²) in [5.41, 5.74) is 3.90. The third-order valence-corrected chi connectivity index (χ3v) is 6.65. The molecule has 1 N–H and O–H groups in total. The monoisotopic (exact) mass is 542 g/mol. The van der Waals surface area contributed by atoms with E-state index in [1.54, 1.807) is 30.3 Å². The van der Waals surface area contributed by atoms with Crippen LogP contribution in [0.2, 0.25) is 5.02 Å². The number of nitro groups is 1. The first-order valence-corrected chi connectivity index (χ1v) is 12.7. The van der Waals surface area contributed by atoms with Gasteiger partial charge in [0.05, 0.1) is 26.7 Å². The molecule has 0 bridgehead atoms. The number of aromatic nitrogens is 2. The molecule has 9 nitrogen and oxygen atoms in total. The number of halogens is 1. The molecule has 1 atom stereocenters. The molecule has 0 spiro atoms. The molecule has 0 fully saturated rings. The number of nitrogens with one attached hydrogen (secondary N) is 1. The SMILES string of the molecule is CC(OC(=O)c1c2c(nc3ccccc13)/C(=C\c1cccc([N+](=O)[O-])c1)CCC2)C(=O)Nc1ccc(Cl)cn1. The fourth-order valence-corrected chi connectivity index (χ4v) is 4.70. The van der Waals surface area contributed by atoms with Gasteiger partial charge >= 0.3 is 5.97 Å². The average molecular weight is 543 g/mol. The maximum Gasteiger partial charge on any atom is 0.339 e. The molecule has 1 aliphatic carbocycles. The van der Waals surface area contributed by atoms with Gasteiger partial charge in [-0.2, -0.15) is 0 Å². The summed E-state index contributed by atoms with van der Waals surface area (Å²) in [6.07, 6.45) is 4.23. The molecular formula is C29H23ClN4O5. The van der Waals surface area contributed by atoms with E-state index in [0.29, 0.717) is 45.6 Å². The number of non-ortho nitro benzene ring substituents is 1. The van der Waals surface area contributed by atoms with E-state index in [1.807, 2.05) is 24.3 Å². The number of esters is 1. The van der Waals surface area contributed by atoms with E-state index in [-0.39, 0.29) is 11.5 Å². The van der Waals surface area contributed by atoms with Crippen LogP contribution in [0.5, 0.6) is 0 Å². The molecule has 2 aromatic carbocycles. The van der Waals surface area contributed by atoms with Crippen molar-refractivity contribution in [2.75, 3.05) is 5.32 Å². The Morgan fingerprint density at radius 1 is 1.13 bits per heavy atom. The van der Waals surface area contributed by atoms with Crippen LogP contribution >= 0.6 is 11.6 Å². The highest BCUT2D eigenvalue weighted by atomic mass is 35.5. The van der Waals surface area contributed by atoms with Gasteiger partial charge in [-0.1, -0.05) is 41.9 Å². The van der Waals surface area contributed by atoms with Crippen molar-refractivity contribution in [1.29, 1.82) is 0 Å². The Kier molecular flexibility index (Phi) is 7.33. The lowest BCUT2D eigenvalue weighted by molar-refractivity contribution is -0.384. The van der Waals surface area contributed by atoms with Gasteiger partial charge < -0.3 is 10.1 Å². The van der Waals surface area contributed by atoms with Gasteiger partial charge in [0.15, 0.2) is 6.10 Å². The number of nitrogens with zero attached hydrogens (tertiary/aromatic N) is 3. The van der Waals surface area contributed by atoms with Gasteiger partial charge in [-0.15, -0.1) is 0 Å². The van der Waals surface area contributed by atoms with Gasteiger partial charge in [-0.25, -0.2) is 14.8 Å². The minimum atomic E-state index is -1.10. The largest absolute Gasteiger partial charge is 0.449 e. The Morgan fingerprint density at radius 3 is 2.72 bits per heavy atom. The lowest BCUT2D eigenvalue weighted by Gasteiger charge is -2.23. The maximum atomic E-state index is 13.6. The number of fused-ring (bicyclic) bond motifs is 2. The Morgan fingerprint density at radius 2 is 1.95 bits per heavy atom. The molecular weight excluding hydrogens is 520 g/mol. The summed E-state index contributed by atoms with van der Waals surface area (Å²) >= 11 is 5.85. The molecule has 5 rings (SSSR count). The van der Waals surface area contributed by atoms with Crippen LogP contribution in [-0.4, -0.2) is 32.9 Å². The van der Waals surface area contributed by atoms with Gasteiger partial charge in [0, 0.05) is 23.7 Å². The van der Waals surface area contributed by atoms with Crippen LogP contribution in [0, 0.1) is 10.1 Å². The highest BCUT2D eigenvalue weighted by molar-refractivity contribution is 6.30. The molecule has 2 aromatic heterocycles. The number of carbonyl (C=O) groups excluding carboxylic acids is 2. The lowest BCUT2D eigenvalue weighted by Crippen LogP contribution is -2.31. The van der Waals surface area contributed by atoms with Crippen molar-refractivity contribution in [3.8, 4) is 0 Å². The number of nitro benzene ring substituents is 1. The highest BCUT2D eigenvalue weighted by Gasteiger charge is 2.28. The first kappa shape index (κ1) is 26.0. The van der Waals surface area contributed by atoms with Gasteiger partial charge in [-0.3, -0.25) is 14.9 Å². The van der Waals surface area contributed by atoms with E-state index in [4.69, 9.17) is 21.3 Å². The number of amides is 1.